The van der Waals surface area contributed by atoms with E-state index in [-0.39, 0.29) is 5.91 Å². The minimum Gasteiger partial charge on any atom is -0.338 e. The third-order valence-electron chi connectivity index (χ3n) is 4.70. The van der Waals surface area contributed by atoms with Crippen molar-refractivity contribution < 1.29 is 4.79 Å². The maximum Gasteiger partial charge on any atom is 0.257 e. The number of aromatic nitrogens is 3. The molecule has 3 aromatic rings. The smallest absolute Gasteiger partial charge is 0.257 e. The fourth-order valence-corrected chi connectivity index (χ4v) is 3.46. The fraction of sp³-hybridized carbons (Fsp3) is 0.316. The van der Waals surface area contributed by atoms with Crippen LogP contribution in [0.4, 0.5) is 0 Å². The Hall–Kier alpha value is -2.69. The van der Waals surface area contributed by atoms with E-state index in [0.717, 1.165) is 31.4 Å². The van der Waals surface area contributed by atoms with Crippen LogP contribution in [0.15, 0.2) is 48.9 Å². The van der Waals surface area contributed by atoms with Gasteiger partial charge in [-0.15, -0.1) is 0 Å². The SMILES string of the molecule is Cn1cc(C(=O)N2CC[C@H](Cc3cnc4ccccc4c3)C2)cn1. The van der Waals surface area contributed by atoms with Crippen molar-refractivity contribution in [3.8, 4) is 0 Å². The van der Waals surface area contributed by atoms with Gasteiger partial charge in [0.1, 0.15) is 0 Å². The van der Waals surface area contributed by atoms with E-state index in [1.165, 1.54) is 10.9 Å². The van der Waals surface area contributed by atoms with E-state index >= 15 is 0 Å². The lowest BCUT2D eigenvalue weighted by Gasteiger charge is -2.15. The van der Waals surface area contributed by atoms with E-state index in [4.69, 9.17) is 0 Å². The molecule has 1 aliphatic heterocycles. The number of carbonyl (C=O) groups is 1. The highest BCUT2D eigenvalue weighted by Gasteiger charge is 2.27. The Morgan fingerprint density at radius 3 is 3.00 bits per heavy atom. The number of rotatable bonds is 3. The first-order chi connectivity index (χ1) is 11.7. The van der Waals surface area contributed by atoms with Gasteiger partial charge in [0.15, 0.2) is 0 Å². The molecule has 1 atom stereocenters. The lowest BCUT2D eigenvalue weighted by atomic mass is 9.99. The number of pyridine rings is 1. The van der Waals surface area contributed by atoms with Crippen molar-refractivity contribution in [1.82, 2.24) is 19.7 Å². The van der Waals surface area contributed by atoms with Crippen LogP contribution in [-0.4, -0.2) is 38.7 Å². The fourth-order valence-electron chi connectivity index (χ4n) is 3.46. The molecule has 2 aromatic heterocycles. The predicted octanol–water partition coefficient (Wildman–Crippen LogP) is 2.67. The summed E-state index contributed by atoms with van der Waals surface area (Å²) in [4.78, 5) is 19.0. The van der Waals surface area contributed by atoms with Crippen LogP contribution in [-0.2, 0) is 13.5 Å². The molecule has 1 fully saturated rings. The minimum atomic E-state index is 0.0854. The van der Waals surface area contributed by atoms with E-state index in [2.05, 4.69) is 22.2 Å². The number of para-hydroxylation sites is 1. The van der Waals surface area contributed by atoms with Crippen LogP contribution in [0.2, 0.25) is 0 Å². The van der Waals surface area contributed by atoms with Crippen LogP contribution < -0.4 is 0 Å². The maximum absolute atomic E-state index is 12.5. The van der Waals surface area contributed by atoms with E-state index in [0.29, 0.717) is 11.5 Å². The van der Waals surface area contributed by atoms with E-state index < -0.39 is 0 Å². The number of hydrogen-bond donors (Lipinski definition) is 0. The molecule has 0 unspecified atom stereocenters. The summed E-state index contributed by atoms with van der Waals surface area (Å²) in [5.74, 6) is 0.579. The molecule has 24 heavy (non-hydrogen) atoms. The summed E-state index contributed by atoms with van der Waals surface area (Å²) < 4.78 is 1.67. The number of likely N-dealkylation sites (tertiary alicyclic amines) is 1. The van der Waals surface area contributed by atoms with Crippen molar-refractivity contribution in [1.29, 1.82) is 0 Å². The lowest BCUT2D eigenvalue weighted by Crippen LogP contribution is -2.28. The molecule has 3 heterocycles. The first kappa shape index (κ1) is 14.9. The highest BCUT2D eigenvalue weighted by molar-refractivity contribution is 5.93. The molecule has 0 saturated carbocycles. The Bertz CT molecular complexity index is 886. The normalized spacial score (nSPS) is 17.5. The van der Waals surface area contributed by atoms with E-state index in [1.807, 2.05) is 36.3 Å². The van der Waals surface area contributed by atoms with Crippen LogP contribution in [0.3, 0.4) is 0 Å². The van der Waals surface area contributed by atoms with Gasteiger partial charge in [-0.05, 0) is 36.5 Å². The topological polar surface area (TPSA) is 51.0 Å². The number of nitrogens with zero attached hydrogens (tertiary/aromatic N) is 4. The van der Waals surface area contributed by atoms with Gasteiger partial charge in [0.05, 0.1) is 17.3 Å². The zero-order valence-corrected chi connectivity index (χ0v) is 13.7. The van der Waals surface area contributed by atoms with Crippen LogP contribution in [0.5, 0.6) is 0 Å². The van der Waals surface area contributed by atoms with Gasteiger partial charge >= 0.3 is 0 Å². The van der Waals surface area contributed by atoms with Gasteiger partial charge in [0.2, 0.25) is 0 Å². The molecule has 0 bridgehead atoms. The van der Waals surface area contributed by atoms with Gasteiger partial charge in [-0.2, -0.15) is 5.10 Å². The summed E-state index contributed by atoms with van der Waals surface area (Å²) in [5.41, 5.74) is 2.95. The average Bonchev–Trinajstić information content (AvgIpc) is 3.23. The molecule has 0 N–H and O–H groups in total. The van der Waals surface area contributed by atoms with Gasteiger partial charge in [-0.25, -0.2) is 0 Å². The maximum atomic E-state index is 12.5. The second kappa shape index (κ2) is 6.07. The summed E-state index contributed by atoms with van der Waals surface area (Å²) >= 11 is 0. The predicted molar refractivity (Wildman–Crippen MR) is 92.7 cm³/mol. The Labute approximate surface area is 140 Å². The summed E-state index contributed by atoms with van der Waals surface area (Å²) in [6, 6.07) is 10.4. The van der Waals surface area contributed by atoms with Crippen molar-refractivity contribution in [2.45, 2.75) is 12.8 Å². The standard InChI is InChI=1S/C19H20N4O/c1-22-13-17(11-21-22)19(24)23-7-6-14(12-23)8-15-9-16-4-2-3-5-18(16)20-10-15/h2-5,9-11,13-14H,6-8,12H2,1H3/t14-/m1/s1. The lowest BCUT2D eigenvalue weighted by molar-refractivity contribution is 0.0787. The van der Waals surface area contributed by atoms with Crippen LogP contribution in [0.25, 0.3) is 10.9 Å². The van der Waals surface area contributed by atoms with Crippen molar-refractivity contribution in [2.75, 3.05) is 13.1 Å². The number of benzene rings is 1. The molecular weight excluding hydrogens is 300 g/mol. The van der Waals surface area contributed by atoms with Crippen LogP contribution in [0.1, 0.15) is 22.3 Å². The van der Waals surface area contributed by atoms with Gasteiger partial charge in [0.25, 0.3) is 5.91 Å². The molecule has 1 saturated heterocycles. The molecule has 4 rings (SSSR count). The second-order valence-electron chi connectivity index (χ2n) is 6.55. The molecule has 0 aliphatic carbocycles. The summed E-state index contributed by atoms with van der Waals surface area (Å²) in [5, 5.41) is 5.26. The first-order valence-corrected chi connectivity index (χ1v) is 8.30. The molecular formula is C19H20N4O. The summed E-state index contributed by atoms with van der Waals surface area (Å²) in [6.07, 6.45) is 7.40. The Morgan fingerprint density at radius 1 is 1.29 bits per heavy atom. The Morgan fingerprint density at radius 2 is 2.17 bits per heavy atom. The number of hydrogen-bond acceptors (Lipinski definition) is 3. The highest BCUT2D eigenvalue weighted by atomic mass is 16.2. The molecule has 5 heteroatoms. The van der Waals surface area contributed by atoms with E-state index in [9.17, 15) is 4.79 Å². The molecule has 0 spiro atoms. The molecule has 1 aliphatic rings. The van der Waals surface area contributed by atoms with Crippen LogP contribution in [0, 0.1) is 5.92 Å². The molecule has 0 radical (unpaired) electrons. The van der Waals surface area contributed by atoms with Crippen molar-refractivity contribution >= 4 is 16.8 Å². The third kappa shape index (κ3) is 2.89. The number of aryl methyl sites for hydroxylation is 1. The quantitative estimate of drug-likeness (QED) is 0.745. The molecule has 5 nitrogen and oxygen atoms in total. The van der Waals surface area contributed by atoms with Crippen molar-refractivity contribution in [2.24, 2.45) is 13.0 Å². The summed E-state index contributed by atoms with van der Waals surface area (Å²) in [6.45, 7) is 1.62. The number of carbonyl (C=O) groups excluding carboxylic acids is 1. The van der Waals surface area contributed by atoms with Gasteiger partial charge in [-0.3, -0.25) is 14.5 Å². The summed E-state index contributed by atoms with van der Waals surface area (Å²) in [7, 11) is 1.83. The Balaban J connectivity index is 1.43. The average molecular weight is 320 g/mol. The third-order valence-corrected chi connectivity index (χ3v) is 4.70. The van der Waals surface area contributed by atoms with Crippen LogP contribution >= 0.6 is 0 Å². The van der Waals surface area contributed by atoms with E-state index in [1.54, 1.807) is 17.1 Å². The minimum absolute atomic E-state index is 0.0854. The second-order valence-corrected chi connectivity index (χ2v) is 6.55. The zero-order valence-electron chi connectivity index (χ0n) is 13.7. The molecule has 122 valence electrons. The number of fused-ring (bicyclic) bond motifs is 1. The molecule has 1 amide bonds. The highest BCUT2D eigenvalue weighted by Crippen LogP contribution is 2.23. The zero-order chi connectivity index (χ0) is 16.5. The van der Waals surface area contributed by atoms with Gasteiger partial charge in [0, 0.05) is 37.9 Å². The molecule has 1 aromatic carbocycles. The Kier molecular flexibility index (Phi) is 3.76. The van der Waals surface area contributed by atoms with Crippen molar-refractivity contribution in [3.05, 3.63) is 60.0 Å². The largest absolute Gasteiger partial charge is 0.338 e. The monoisotopic (exact) mass is 320 g/mol. The van der Waals surface area contributed by atoms with Gasteiger partial charge < -0.3 is 4.90 Å². The first-order valence-electron chi connectivity index (χ1n) is 8.30. The van der Waals surface area contributed by atoms with Gasteiger partial charge in [-0.1, -0.05) is 18.2 Å². The number of amides is 1. The van der Waals surface area contributed by atoms with Crippen molar-refractivity contribution in [3.63, 3.8) is 0 Å².